The SMILES string of the molecule is COc1cccc(NC(=O)[C@@H]2[C@@H]3C[C@@H]4[C@H]2C(=O)O[C@@H]4C3)c1. The van der Waals surface area contributed by atoms with Crippen LogP contribution in [0.2, 0.25) is 0 Å². The summed E-state index contributed by atoms with van der Waals surface area (Å²) in [5.74, 6) is 0.493. The van der Waals surface area contributed by atoms with E-state index in [1.54, 1.807) is 13.2 Å². The van der Waals surface area contributed by atoms with Gasteiger partial charge in [-0.15, -0.1) is 0 Å². The Bertz CT molecular complexity index is 612. The first kappa shape index (κ1) is 12.7. The number of methoxy groups -OCH3 is 1. The van der Waals surface area contributed by atoms with Crippen molar-refractivity contribution >= 4 is 17.6 Å². The van der Waals surface area contributed by atoms with Crippen molar-refractivity contribution in [3.8, 4) is 5.75 Å². The van der Waals surface area contributed by atoms with Crippen LogP contribution in [0.15, 0.2) is 24.3 Å². The summed E-state index contributed by atoms with van der Waals surface area (Å²) in [5, 5.41) is 2.92. The van der Waals surface area contributed by atoms with Crippen LogP contribution in [0.3, 0.4) is 0 Å². The van der Waals surface area contributed by atoms with Crippen molar-refractivity contribution in [1.82, 2.24) is 0 Å². The molecule has 5 atom stereocenters. The Morgan fingerprint density at radius 1 is 1.38 bits per heavy atom. The number of carbonyl (C=O) groups excluding carboxylic acids is 2. The van der Waals surface area contributed by atoms with E-state index in [1.165, 1.54) is 0 Å². The highest BCUT2D eigenvalue weighted by molar-refractivity contribution is 5.97. The van der Waals surface area contributed by atoms with Gasteiger partial charge in [0.25, 0.3) is 0 Å². The Labute approximate surface area is 122 Å². The Morgan fingerprint density at radius 3 is 3.05 bits per heavy atom. The molecule has 1 heterocycles. The van der Waals surface area contributed by atoms with Crippen LogP contribution in [-0.4, -0.2) is 25.1 Å². The second-order valence-electron chi connectivity index (χ2n) is 6.14. The summed E-state index contributed by atoms with van der Waals surface area (Å²) in [6.45, 7) is 0. The van der Waals surface area contributed by atoms with Gasteiger partial charge in [-0.3, -0.25) is 9.59 Å². The van der Waals surface area contributed by atoms with Gasteiger partial charge in [0.15, 0.2) is 0 Å². The second kappa shape index (κ2) is 4.48. The number of amides is 1. The fourth-order valence-corrected chi connectivity index (χ4v) is 4.29. The maximum atomic E-state index is 12.6. The summed E-state index contributed by atoms with van der Waals surface area (Å²) >= 11 is 0. The highest BCUT2D eigenvalue weighted by Gasteiger charge is 2.63. The van der Waals surface area contributed by atoms with Gasteiger partial charge in [-0.05, 0) is 30.9 Å². The third-order valence-electron chi connectivity index (χ3n) is 5.12. The number of anilines is 1. The van der Waals surface area contributed by atoms with Crippen LogP contribution in [0.4, 0.5) is 5.69 Å². The number of carbonyl (C=O) groups is 2. The van der Waals surface area contributed by atoms with Crippen molar-refractivity contribution in [2.24, 2.45) is 23.7 Å². The average molecular weight is 287 g/mol. The molecule has 0 radical (unpaired) electrons. The molecule has 110 valence electrons. The molecule has 5 heteroatoms. The molecule has 21 heavy (non-hydrogen) atoms. The standard InChI is InChI=1S/C16H17NO4/c1-20-10-4-2-3-9(7-10)17-15(18)13-8-5-11-12(6-8)21-16(19)14(11)13/h2-4,7-8,11-14H,5-6H2,1H3,(H,17,18)/t8-,11+,12-,13-,14-/m1/s1. The first-order valence-corrected chi connectivity index (χ1v) is 7.33. The van der Waals surface area contributed by atoms with E-state index < -0.39 is 0 Å². The molecule has 0 aromatic heterocycles. The molecule has 2 aliphatic carbocycles. The largest absolute Gasteiger partial charge is 0.497 e. The van der Waals surface area contributed by atoms with Gasteiger partial charge in [-0.2, -0.15) is 0 Å². The highest BCUT2D eigenvalue weighted by atomic mass is 16.6. The summed E-state index contributed by atoms with van der Waals surface area (Å²) in [6, 6.07) is 7.26. The van der Waals surface area contributed by atoms with Crippen molar-refractivity contribution in [2.45, 2.75) is 18.9 Å². The predicted octanol–water partition coefficient (Wildman–Crippen LogP) is 1.83. The Balaban J connectivity index is 1.54. The monoisotopic (exact) mass is 287 g/mol. The number of esters is 1. The van der Waals surface area contributed by atoms with Gasteiger partial charge in [-0.1, -0.05) is 6.07 Å². The molecular weight excluding hydrogens is 270 g/mol. The van der Waals surface area contributed by atoms with Gasteiger partial charge >= 0.3 is 5.97 Å². The fourth-order valence-electron chi connectivity index (χ4n) is 4.29. The lowest BCUT2D eigenvalue weighted by molar-refractivity contribution is -0.145. The third kappa shape index (κ3) is 1.83. The molecule has 0 unspecified atom stereocenters. The topological polar surface area (TPSA) is 64.6 Å². The summed E-state index contributed by atoms with van der Waals surface area (Å²) in [5.41, 5.74) is 0.699. The fraction of sp³-hybridized carbons (Fsp3) is 0.500. The predicted molar refractivity (Wildman–Crippen MR) is 74.7 cm³/mol. The van der Waals surface area contributed by atoms with E-state index in [0.29, 0.717) is 11.4 Å². The van der Waals surface area contributed by atoms with Gasteiger partial charge in [0.05, 0.1) is 18.9 Å². The average Bonchev–Trinajstić information content (AvgIpc) is 3.08. The highest BCUT2D eigenvalue weighted by Crippen LogP contribution is 2.57. The summed E-state index contributed by atoms with van der Waals surface area (Å²) < 4.78 is 10.5. The van der Waals surface area contributed by atoms with E-state index in [1.807, 2.05) is 18.2 Å². The zero-order valence-corrected chi connectivity index (χ0v) is 11.7. The minimum absolute atomic E-state index is 0.0633. The van der Waals surface area contributed by atoms with Crippen LogP contribution in [0, 0.1) is 23.7 Å². The number of ether oxygens (including phenoxy) is 2. The first-order chi connectivity index (χ1) is 10.2. The molecule has 2 bridgehead atoms. The summed E-state index contributed by atoms with van der Waals surface area (Å²) in [4.78, 5) is 24.5. The molecule has 4 rings (SSSR count). The van der Waals surface area contributed by atoms with E-state index in [0.717, 1.165) is 12.8 Å². The molecule has 0 spiro atoms. The first-order valence-electron chi connectivity index (χ1n) is 7.33. The molecule has 3 fully saturated rings. The van der Waals surface area contributed by atoms with Crippen LogP contribution in [0.5, 0.6) is 5.75 Å². The number of benzene rings is 1. The minimum Gasteiger partial charge on any atom is -0.497 e. The number of hydrogen-bond donors (Lipinski definition) is 1. The van der Waals surface area contributed by atoms with Gasteiger partial charge in [0.2, 0.25) is 5.91 Å². The van der Waals surface area contributed by atoms with Gasteiger partial charge in [0, 0.05) is 17.7 Å². The Morgan fingerprint density at radius 2 is 2.24 bits per heavy atom. The molecule has 2 saturated carbocycles. The normalized spacial score (nSPS) is 35.7. The van der Waals surface area contributed by atoms with Crippen molar-refractivity contribution in [1.29, 1.82) is 0 Å². The van der Waals surface area contributed by atoms with Gasteiger partial charge < -0.3 is 14.8 Å². The summed E-state index contributed by atoms with van der Waals surface area (Å²) in [6.07, 6.45) is 1.84. The van der Waals surface area contributed by atoms with E-state index in [2.05, 4.69) is 5.32 Å². The number of hydrogen-bond acceptors (Lipinski definition) is 4. The van der Waals surface area contributed by atoms with E-state index >= 15 is 0 Å². The van der Waals surface area contributed by atoms with Crippen molar-refractivity contribution in [3.63, 3.8) is 0 Å². The minimum atomic E-state index is -0.243. The van der Waals surface area contributed by atoms with Crippen LogP contribution >= 0.6 is 0 Å². The number of fused-ring (bicyclic) bond motifs is 1. The maximum Gasteiger partial charge on any atom is 0.310 e. The quantitative estimate of drug-likeness (QED) is 0.861. The van der Waals surface area contributed by atoms with Crippen LogP contribution < -0.4 is 10.1 Å². The van der Waals surface area contributed by atoms with Crippen molar-refractivity contribution < 1.29 is 19.1 Å². The zero-order chi connectivity index (χ0) is 14.6. The lowest BCUT2D eigenvalue weighted by Gasteiger charge is -2.23. The van der Waals surface area contributed by atoms with Crippen LogP contribution in [0.1, 0.15) is 12.8 Å². The molecule has 1 aliphatic heterocycles. The molecule has 1 N–H and O–H groups in total. The molecular formula is C16H17NO4. The van der Waals surface area contributed by atoms with Crippen molar-refractivity contribution in [3.05, 3.63) is 24.3 Å². The lowest BCUT2D eigenvalue weighted by atomic mass is 9.79. The third-order valence-corrected chi connectivity index (χ3v) is 5.12. The van der Waals surface area contributed by atoms with Gasteiger partial charge in [-0.25, -0.2) is 0 Å². The van der Waals surface area contributed by atoms with E-state index in [9.17, 15) is 9.59 Å². The molecule has 1 aromatic carbocycles. The van der Waals surface area contributed by atoms with E-state index in [-0.39, 0.29) is 41.7 Å². The lowest BCUT2D eigenvalue weighted by Crippen LogP contribution is -2.35. The van der Waals surface area contributed by atoms with Crippen LogP contribution in [0.25, 0.3) is 0 Å². The number of nitrogens with one attached hydrogen (secondary N) is 1. The molecule has 3 aliphatic rings. The maximum absolute atomic E-state index is 12.6. The Hall–Kier alpha value is -2.04. The summed E-state index contributed by atoms with van der Waals surface area (Å²) in [7, 11) is 1.59. The van der Waals surface area contributed by atoms with Crippen LogP contribution in [-0.2, 0) is 14.3 Å². The smallest absolute Gasteiger partial charge is 0.310 e. The van der Waals surface area contributed by atoms with E-state index in [4.69, 9.17) is 9.47 Å². The zero-order valence-electron chi connectivity index (χ0n) is 11.7. The molecule has 1 saturated heterocycles. The van der Waals surface area contributed by atoms with Crippen molar-refractivity contribution in [2.75, 3.05) is 12.4 Å². The number of rotatable bonds is 3. The molecule has 1 aromatic rings. The molecule has 1 amide bonds. The molecule has 5 nitrogen and oxygen atoms in total. The second-order valence-corrected chi connectivity index (χ2v) is 6.14. The Kier molecular flexibility index (Phi) is 2.71. The van der Waals surface area contributed by atoms with Gasteiger partial charge in [0.1, 0.15) is 11.9 Å².